The van der Waals surface area contributed by atoms with Crippen LogP contribution < -0.4 is 11.1 Å². The summed E-state index contributed by atoms with van der Waals surface area (Å²) < 4.78 is 0. The van der Waals surface area contributed by atoms with Crippen LogP contribution in [0.15, 0.2) is 24.3 Å². The van der Waals surface area contributed by atoms with E-state index in [2.05, 4.69) is 5.32 Å². The van der Waals surface area contributed by atoms with Crippen LogP contribution in [0.1, 0.15) is 54.4 Å². The van der Waals surface area contributed by atoms with Crippen LogP contribution in [0.3, 0.4) is 0 Å². The van der Waals surface area contributed by atoms with Gasteiger partial charge in [0.15, 0.2) is 0 Å². The van der Waals surface area contributed by atoms with Gasteiger partial charge in [-0.25, -0.2) is 0 Å². The largest absolute Gasteiger partial charge is 0.366 e. The maximum atomic E-state index is 12.7. The van der Waals surface area contributed by atoms with Gasteiger partial charge in [0.05, 0.1) is 0 Å². The van der Waals surface area contributed by atoms with E-state index in [1.807, 2.05) is 17.0 Å². The smallest absolute Gasteiger partial charge is 0.248 e. The molecule has 130 valence electrons. The average molecular weight is 329 g/mol. The lowest BCUT2D eigenvalue weighted by atomic mass is 9.93. The Bertz CT molecular complexity index is 575. The predicted molar refractivity (Wildman–Crippen MR) is 93.4 cm³/mol. The maximum Gasteiger partial charge on any atom is 0.248 e. The molecule has 1 aromatic carbocycles. The lowest BCUT2D eigenvalue weighted by Gasteiger charge is -2.26. The van der Waals surface area contributed by atoms with E-state index in [-0.39, 0.29) is 5.91 Å². The highest BCUT2D eigenvalue weighted by Gasteiger charge is 2.32. The summed E-state index contributed by atoms with van der Waals surface area (Å²) in [4.78, 5) is 25.9. The quantitative estimate of drug-likeness (QED) is 0.804. The summed E-state index contributed by atoms with van der Waals surface area (Å²) in [5.41, 5.74) is 6.84. The molecule has 0 atom stereocenters. The lowest BCUT2D eigenvalue weighted by Crippen LogP contribution is -2.33. The van der Waals surface area contributed by atoms with Crippen molar-refractivity contribution < 1.29 is 9.59 Å². The van der Waals surface area contributed by atoms with Gasteiger partial charge >= 0.3 is 0 Å². The van der Waals surface area contributed by atoms with E-state index < -0.39 is 5.91 Å². The first-order valence-corrected chi connectivity index (χ1v) is 9.02. The number of hydrogen-bond acceptors (Lipinski definition) is 3. The van der Waals surface area contributed by atoms with E-state index in [9.17, 15) is 9.59 Å². The molecule has 0 unspecified atom stereocenters. The van der Waals surface area contributed by atoms with E-state index >= 15 is 0 Å². The highest BCUT2D eigenvalue weighted by molar-refractivity contribution is 5.92. The Morgan fingerprint density at radius 2 is 1.75 bits per heavy atom. The Morgan fingerprint density at radius 1 is 1.08 bits per heavy atom. The van der Waals surface area contributed by atoms with Gasteiger partial charge in [0, 0.05) is 24.6 Å². The zero-order chi connectivity index (χ0) is 16.9. The van der Waals surface area contributed by atoms with Crippen molar-refractivity contribution in [3.05, 3.63) is 35.4 Å². The van der Waals surface area contributed by atoms with Crippen molar-refractivity contribution in [1.82, 2.24) is 10.2 Å². The summed E-state index contributed by atoms with van der Waals surface area (Å²) >= 11 is 0. The molecular weight excluding hydrogens is 302 g/mol. The fourth-order valence-electron chi connectivity index (χ4n) is 3.42. The molecule has 1 aliphatic carbocycles. The molecule has 0 spiro atoms. The Hall–Kier alpha value is -1.88. The Kier molecular flexibility index (Phi) is 5.51. The SMILES string of the molecule is NC(=O)c1ccc(CN(C(=O)CCC2CCNCC2)C2CC2)cc1. The Labute approximate surface area is 143 Å². The second-order valence-electron chi connectivity index (χ2n) is 7.05. The summed E-state index contributed by atoms with van der Waals surface area (Å²) in [5.74, 6) is 0.541. The number of nitrogens with zero attached hydrogens (tertiary/aromatic N) is 1. The second kappa shape index (κ2) is 7.79. The van der Waals surface area contributed by atoms with Crippen LogP contribution in [0.5, 0.6) is 0 Å². The van der Waals surface area contributed by atoms with E-state index in [0.717, 1.165) is 37.9 Å². The number of carbonyl (C=O) groups is 2. The van der Waals surface area contributed by atoms with Crippen molar-refractivity contribution in [2.24, 2.45) is 11.7 Å². The number of amides is 2. The van der Waals surface area contributed by atoms with Crippen molar-refractivity contribution in [2.75, 3.05) is 13.1 Å². The zero-order valence-corrected chi connectivity index (χ0v) is 14.2. The molecule has 2 fully saturated rings. The molecule has 1 heterocycles. The third-order valence-electron chi connectivity index (χ3n) is 5.12. The Balaban J connectivity index is 1.55. The summed E-state index contributed by atoms with van der Waals surface area (Å²) in [6.07, 6.45) is 6.25. The van der Waals surface area contributed by atoms with Crippen molar-refractivity contribution in [3.63, 3.8) is 0 Å². The van der Waals surface area contributed by atoms with E-state index in [1.54, 1.807) is 12.1 Å². The highest BCUT2D eigenvalue weighted by Crippen LogP contribution is 2.30. The predicted octanol–water partition coefficient (Wildman–Crippen LogP) is 2.06. The lowest BCUT2D eigenvalue weighted by molar-refractivity contribution is -0.132. The fourth-order valence-corrected chi connectivity index (χ4v) is 3.42. The van der Waals surface area contributed by atoms with E-state index in [0.29, 0.717) is 30.5 Å². The summed E-state index contributed by atoms with van der Waals surface area (Å²) in [5, 5.41) is 3.37. The normalized spacial score (nSPS) is 18.3. The van der Waals surface area contributed by atoms with Gasteiger partial charge in [-0.1, -0.05) is 12.1 Å². The third kappa shape index (κ3) is 4.57. The summed E-state index contributed by atoms with van der Waals surface area (Å²) in [6.45, 7) is 2.80. The first-order chi connectivity index (χ1) is 11.6. The number of carbonyl (C=O) groups excluding carboxylic acids is 2. The van der Waals surface area contributed by atoms with Gasteiger partial charge in [-0.15, -0.1) is 0 Å². The number of benzene rings is 1. The van der Waals surface area contributed by atoms with E-state index in [1.165, 1.54) is 12.8 Å². The van der Waals surface area contributed by atoms with Crippen LogP contribution in [0.4, 0.5) is 0 Å². The van der Waals surface area contributed by atoms with Gasteiger partial charge in [0.25, 0.3) is 0 Å². The summed E-state index contributed by atoms with van der Waals surface area (Å²) in [7, 11) is 0. The first kappa shape index (κ1) is 17.0. The minimum Gasteiger partial charge on any atom is -0.366 e. The molecule has 24 heavy (non-hydrogen) atoms. The fraction of sp³-hybridized carbons (Fsp3) is 0.579. The van der Waals surface area contributed by atoms with Crippen molar-refractivity contribution in [1.29, 1.82) is 0 Å². The van der Waals surface area contributed by atoms with Crippen LogP contribution >= 0.6 is 0 Å². The molecule has 3 N–H and O–H groups in total. The molecule has 1 aromatic rings. The van der Waals surface area contributed by atoms with Crippen LogP contribution in [-0.4, -0.2) is 35.8 Å². The molecule has 1 saturated carbocycles. The zero-order valence-electron chi connectivity index (χ0n) is 14.2. The molecule has 5 nitrogen and oxygen atoms in total. The molecule has 2 amide bonds. The van der Waals surface area contributed by atoms with Crippen molar-refractivity contribution in [3.8, 4) is 0 Å². The second-order valence-corrected chi connectivity index (χ2v) is 7.05. The molecule has 0 aromatic heterocycles. The molecular formula is C19H27N3O2. The van der Waals surface area contributed by atoms with E-state index in [4.69, 9.17) is 5.73 Å². The molecule has 3 rings (SSSR count). The topological polar surface area (TPSA) is 75.4 Å². The van der Waals surface area contributed by atoms with Gasteiger partial charge in [-0.05, 0) is 68.8 Å². The number of nitrogens with two attached hydrogens (primary N) is 1. The monoisotopic (exact) mass is 329 g/mol. The molecule has 1 aliphatic heterocycles. The van der Waals surface area contributed by atoms with Crippen LogP contribution in [-0.2, 0) is 11.3 Å². The number of piperidine rings is 1. The number of nitrogens with one attached hydrogen (secondary N) is 1. The van der Waals surface area contributed by atoms with Crippen LogP contribution in [0.2, 0.25) is 0 Å². The molecule has 2 aliphatic rings. The van der Waals surface area contributed by atoms with Gasteiger partial charge in [-0.3, -0.25) is 9.59 Å². The van der Waals surface area contributed by atoms with Crippen LogP contribution in [0, 0.1) is 5.92 Å². The van der Waals surface area contributed by atoms with Gasteiger partial charge in [-0.2, -0.15) is 0 Å². The molecule has 0 bridgehead atoms. The minimum absolute atomic E-state index is 0.273. The maximum absolute atomic E-state index is 12.7. The molecule has 5 heteroatoms. The molecule has 0 radical (unpaired) electrons. The van der Waals surface area contributed by atoms with Gasteiger partial charge in [0.1, 0.15) is 0 Å². The van der Waals surface area contributed by atoms with Crippen molar-refractivity contribution >= 4 is 11.8 Å². The number of hydrogen-bond donors (Lipinski definition) is 2. The highest BCUT2D eigenvalue weighted by atomic mass is 16.2. The standard InChI is InChI=1S/C19H27N3O2/c20-19(24)16-4-1-15(2-5-16)13-22(17-6-7-17)18(23)8-3-14-9-11-21-12-10-14/h1-2,4-5,14,17,21H,3,6-13H2,(H2,20,24). The molecule has 1 saturated heterocycles. The number of primary amides is 1. The minimum atomic E-state index is -0.418. The Morgan fingerprint density at radius 3 is 2.33 bits per heavy atom. The van der Waals surface area contributed by atoms with Crippen LogP contribution in [0.25, 0.3) is 0 Å². The first-order valence-electron chi connectivity index (χ1n) is 9.02. The number of rotatable bonds is 7. The average Bonchev–Trinajstić information content (AvgIpc) is 3.44. The van der Waals surface area contributed by atoms with Gasteiger partial charge in [0.2, 0.25) is 11.8 Å². The van der Waals surface area contributed by atoms with Gasteiger partial charge < -0.3 is 16.0 Å². The van der Waals surface area contributed by atoms with Crippen molar-refractivity contribution in [2.45, 2.75) is 51.1 Å². The summed E-state index contributed by atoms with van der Waals surface area (Å²) in [6, 6.07) is 7.68. The third-order valence-corrected chi connectivity index (χ3v) is 5.12.